The molecule has 6 heteroatoms. The van der Waals surface area contributed by atoms with Gasteiger partial charge < -0.3 is 13.9 Å². The summed E-state index contributed by atoms with van der Waals surface area (Å²) in [5, 5.41) is 0. The van der Waals surface area contributed by atoms with E-state index >= 15 is 0 Å². The molecule has 1 aliphatic rings. The van der Waals surface area contributed by atoms with E-state index in [2.05, 4.69) is 24.0 Å². The highest BCUT2D eigenvalue weighted by molar-refractivity contribution is 5.05. The fourth-order valence-corrected chi connectivity index (χ4v) is 2.69. The summed E-state index contributed by atoms with van der Waals surface area (Å²) in [6, 6.07) is 0. The van der Waals surface area contributed by atoms with Crippen molar-refractivity contribution in [2.75, 3.05) is 19.7 Å². The second kappa shape index (κ2) is 5.38. The Morgan fingerprint density at radius 1 is 1.35 bits per heavy atom. The molecule has 20 heavy (non-hydrogen) atoms. The van der Waals surface area contributed by atoms with Gasteiger partial charge in [0.1, 0.15) is 17.8 Å². The average molecular weight is 275 g/mol. The zero-order chi connectivity index (χ0) is 14.1. The van der Waals surface area contributed by atoms with Gasteiger partial charge in [0.05, 0.1) is 18.8 Å². The van der Waals surface area contributed by atoms with E-state index in [9.17, 15) is 0 Å². The summed E-state index contributed by atoms with van der Waals surface area (Å²) in [5.74, 6) is 2.09. The number of nitrogens with zero attached hydrogens (tertiary/aromatic N) is 5. The molecule has 0 bridgehead atoms. The van der Waals surface area contributed by atoms with Crippen LogP contribution in [0.1, 0.15) is 23.4 Å². The van der Waals surface area contributed by atoms with Crippen LogP contribution in [0.5, 0.6) is 0 Å². The van der Waals surface area contributed by atoms with Crippen LogP contribution in [-0.2, 0) is 25.4 Å². The molecule has 6 nitrogen and oxygen atoms in total. The van der Waals surface area contributed by atoms with E-state index in [-0.39, 0.29) is 6.10 Å². The van der Waals surface area contributed by atoms with Crippen LogP contribution in [-0.4, -0.2) is 43.7 Å². The van der Waals surface area contributed by atoms with Crippen molar-refractivity contribution in [3.63, 3.8) is 0 Å². The van der Waals surface area contributed by atoms with E-state index in [0.29, 0.717) is 0 Å². The van der Waals surface area contributed by atoms with Gasteiger partial charge in [0.25, 0.3) is 0 Å². The average Bonchev–Trinajstić information content (AvgIpc) is 2.96. The van der Waals surface area contributed by atoms with E-state index in [4.69, 9.17) is 4.74 Å². The third-order valence-corrected chi connectivity index (χ3v) is 3.76. The summed E-state index contributed by atoms with van der Waals surface area (Å²) in [7, 11) is 4.05. The minimum Gasteiger partial charge on any atom is -0.368 e. The van der Waals surface area contributed by atoms with Crippen LogP contribution in [0.25, 0.3) is 0 Å². The lowest BCUT2D eigenvalue weighted by molar-refractivity contribution is -0.0393. The Hall–Kier alpha value is -1.66. The summed E-state index contributed by atoms with van der Waals surface area (Å²) in [6.07, 6.45) is 5.91. The Bertz CT molecular complexity index is 588. The molecule has 0 N–H and O–H groups in total. The van der Waals surface area contributed by atoms with Crippen LogP contribution in [0.2, 0.25) is 0 Å². The molecule has 1 aliphatic heterocycles. The van der Waals surface area contributed by atoms with E-state index in [1.807, 2.05) is 39.6 Å². The molecule has 0 spiro atoms. The van der Waals surface area contributed by atoms with Crippen molar-refractivity contribution in [1.29, 1.82) is 0 Å². The van der Waals surface area contributed by atoms with Crippen molar-refractivity contribution in [2.45, 2.75) is 19.6 Å². The van der Waals surface area contributed by atoms with Gasteiger partial charge in [-0.25, -0.2) is 9.97 Å². The van der Waals surface area contributed by atoms with Crippen molar-refractivity contribution in [1.82, 2.24) is 24.0 Å². The summed E-state index contributed by atoms with van der Waals surface area (Å²) in [5.41, 5.74) is 1.03. The lowest BCUT2D eigenvalue weighted by atomic mass is 10.2. The largest absolute Gasteiger partial charge is 0.368 e. The zero-order valence-electron chi connectivity index (χ0n) is 12.3. The van der Waals surface area contributed by atoms with Gasteiger partial charge in [-0.05, 0) is 6.92 Å². The smallest absolute Gasteiger partial charge is 0.139 e. The first-order valence-corrected chi connectivity index (χ1v) is 6.93. The van der Waals surface area contributed by atoms with Crippen LogP contribution in [0.4, 0.5) is 0 Å². The topological polar surface area (TPSA) is 48.1 Å². The van der Waals surface area contributed by atoms with Crippen molar-refractivity contribution in [2.24, 2.45) is 14.1 Å². The fourth-order valence-electron chi connectivity index (χ4n) is 2.69. The quantitative estimate of drug-likeness (QED) is 0.839. The minimum absolute atomic E-state index is 0.0442. The predicted octanol–water partition coefficient (Wildman–Crippen LogP) is 1.04. The van der Waals surface area contributed by atoms with Gasteiger partial charge in [0.2, 0.25) is 0 Å². The van der Waals surface area contributed by atoms with Gasteiger partial charge in [0.15, 0.2) is 0 Å². The predicted molar refractivity (Wildman–Crippen MR) is 75.1 cm³/mol. The number of aryl methyl sites for hydroxylation is 3. The monoisotopic (exact) mass is 275 g/mol. The molecular formula is C14H21N5O. The Labute approximate surface area is 119 Å². The highest BCUT2D eigenvalue weighted by Crippen LogP contribution is 2.22. The van der Waals surface area contributed by atoms with E-state index in [1.54, 1.807) is 0 Å². The molecule has 1 unspecified atom stereocenters. The molecule has 3 heterocycles. The van der Waals surface area contributed by atoms with E-state index in [1.165, 1.54) is 0 Å². The van der Waals surface area contributed by atoms with Crippen LogP contribution in [0.3, 0.4) is 0 Å². The molecular weight excluding hydrogens is 254 g/mol. The number of aromatic nitrogens is 4. The van der Waals surface area contributed by atoms with Gasteiger partial charge in [-0.2, -0.15) is 0 Å². The van der Waals surface area contributed by atoms with Gasteiger partial charge in [-0.3, -0.25) is 4.90 Å². The molecule has 0 saturated carbocycles. The van der Waals surface area contributed by atoms with Crippen molar-refractivity contribution in [3.05, 3.63) is 35.9 Å². The lowest BCUT2D eigenvalue weighted by Crippen LogP contribution is -2.39. The SMILES string of the molecule is Cc1cn(C)c(C2CN(Cc3nccn3C)CCO2)n1. The van der Waals surface area contributed by atoms with Crippen LogP contribution in [0.15, 0.2) is 18.6 Å². The number of ether oxygens (including phenoxy) is 1. The molecule has 2 aromatic rings. The van der Waals surface area contributed by atoms with E-state index in [0.717, 1.165) is 43.6 Å². The first-order valence-electron chi connectivity index (χ1n) is 6.93. The minimum atomic E-state index is 0.0442. The van der Waals surface area contributed by atoms with Gasteiger partial charge in [0, 0.05) is 45.8 Å². The number of rotatable bonds is 3. The molecule has 108 valence electrons. The van der Waals surface area contributed by atoms with Gasteiger partial charge in [-0.15, -0.1) is 0 Å². The van der Waals surface area contributed by atoms with Gasteiger partial charge >= 0.3 is 0 Å². The summed E-state index contributed by atoms with van der Waals surface area (Å²) >= 11 is 0. The Balaban J connectivity index is 1.70. The number of hydrogen-bond donors (Lipinski definition) is 0. The molecule has 1 fully saturated rings. The molecule has 1 atom stereocenters. The summed E-state index contributed by atoms with van der Waals surface area (Å²) in [6.45, 7) is 5.40. The summed E-state index contributed by atoms with van der Waals surface area (Å²) in [4.78, 5) is 11.3. The van der Waals surface area contributed by atoms with E-state index < -0.39 is 0 Å². The fraction of sp³-hybridized carbons (Fsp3) is 0.571. The molecule has 0 amide bonds. The third-order valence-electron chi connectivity index (χ3n) is 3.76. The maximum absolute atomic E-state index is 5.89. The van der Waals surface area contributed by atoms with Crippen LogP contribution in [0, 0.1) is 6.92 Å². The molecule has 1 saturated heterocycles. The Kier molecular flexibility index (Phi) is 3.58. The van der Waals surface area contributed by atoms with Gasteiger partial charge in [-0.1, -0.05) is 0 Å². The Morgan fingerprint density at radius 2 is 2.20 bits per heavy atom. The normalized spacial score (nSPS) is 20.4. The summed E-state index contributed by atoms with van der Waals surface area (Å²) < 4.78 is 10.0. The lowest BCUT2D eigenvalue weighted by Gasteiger charge is -2.32. The highest BCUT2D eigenvalue weighted by atomic mass is 16.5. The van der Waals surface area contributed by atoms with Crippen molar-refractivity contribution in [3.8, 4) is 0 Å². The third kappa shape index (κ3) is 2.62. The van der Waals surface area contributed by atoms with Crippen LogP contribution < -0.4 is 0 Å². The second-order valence-electron chi connectivity index (χ2n) is 5.40. The molecule has 0 aliphatic carbocycles. The second-order valence-corrected chi connectivity index (χ2v) is 5.40. The molecule has 2 aromatic heterocycles. The molecule has 0 radical (unpaired) electrons. The number of morpholine rings is 1. The molecule has 0 aromatic carbocycles. The standard InChI is InChI=1S/C14H21N5O/c1-11-8-18(3)14(16-11)12-9-19(6-7-20-12)10-13-15-4-5-17(13)2/h4-5,8,12H,6-7,9-10H2,1-3H3. The van der Waals surface area contributed by atoms with Crippen LogP contribution >= 0.6 is 0 Å². The Morgan fingerprint density at radius 3 is 2.85 bits per heavy atom. The number of imidazole rings is 2. The highest BCUT2D eigenvalue weighted by Gasteiger charge is 2.25. The molecule has 3 rings (SSSR count). The maximum atomic E-state index is 5.89. The maximum Gasteiger partial charge on any atom is 0.139 e. The first-order chi connectivity index (χ1) is 9.63. The van der Waals surface area contributed by atoms with Crippen molar-refractivity contribution < 1.29 is 4.74 Å². The zero-order valence-corrected chi connectivity index (χ0v) is 12.3. The first kappa shape index (κ1) is 13.3. The number of hydrogen-bond acceptors (Lipinski definition) is 4. The van der Waals surface area contributed by atoms with Crippen molar-refractivity contribution >= 4 is 0 Å².